The van der Waals surface area contributed by atoms with E-state index in [9.17, 15) is 14.4 Å². The lowest BCUT2D eigenvalue weighted by Gasteiger charge is -2.20. The van der Waals surface area contributed by atoms with Crippen molar-refractivity contribution in [1.82, 2.24) is 19.5 Å². The van der Waals surface area contributed by atoms with Gasteiger partial charge in [-0.2, -0.15) is 0 Å². The minimum Gasteiger partial charge on any atom is -0.341 e. The highest BCUT2D eigenvalue weighted by atomic mass is 16.2. The molecule has 0 spiro atoms. The van der Waals surface area contributed by atoms with Gasteiger partial charge >= 0.3 is 5.69 Å². The van der Waals surface area contributed by atoms with Crippen LogP contribution in [0.3, 0.4) is 0 Å². The van der Waals surface area contributed by atoms with Gasteiger partial charge < -0.3 is 10.6 Å². The normalized spacial score (nSPS) is 12.0. The van der Waals surface area contributed by atoms with Crippen molar-refractivity contribution in [3.8, 4) is 0 Å². The van der Waals surface area contributed by atoms with Gasteiger partial charge in [0.1, 0.15) is 6.04 Å². The molecule has 8 heteroatoms. The molecule has 8 nitrogen and oxygen atoms in total. The number of hydrogen-bond acceptors (Lipinski definition) is 4. The predicted molar refractivity (Wildman–Crippen MR) is 130 cm³/mol. The van der Waals surface area contributed by atoms with E-state index in [1.807, 2.05) is 56.3 Å². The summed E-state index contributed by atoms with van der Waals surface area (Å²) in [5, 5.41) is 10.1. The first-order chi connectivity index (χ1) is 16.4. The molecule has 0 bridgehead atoms. The third-order valence-corrected chi connectivity index (χ3v) is 5.31. The standard InChI is InChI=1S/C26H27N5O3/c1-18(2)15-23(32)28-24(20-10-4-3-5-11-20)25(33)27-21-12-8-9-19(16-21)17-31-26(34)30-14-7-6-13-22(30)29-31/h3-14,16,18,24H,15,17H2,1-2H3,(H,27,33)(H,28,32). The number of pyridine rings is 1. The predicted octanol–water partition coefficient (Wildman–Crippen LogP) is 3.39. The van der Waals surface area contributed by atoms with Gasteiger partial charge in [-0.1, -0.05) is 62.4 Å². The van der Waals surface area contributed by atoms with Crippen LogP contribution in [0.4, 0.5) is 5.69 Å². The lowest BCUT2D eigenvalue weighted by Crippen LogP contribution is -2.37. The Bertz CT molecular complexity index is 1360. The lowest BCUT2D eigenvalue weighted by molar-refractivity contribution is -0.127. The summed E-state index contributed by atoms with van der Waals surface area (Å²) < 4.78 is 2.87. The Morgan fingerprint density at radius 3 is 2.47 bits per heavy atom. The van der Waals surface area contributed by atoms with Gasteiger partial charge in [0.05, 0.1) is 6.54 Å². The average molecular weight is 458 g/mol. The van der Waals surface area contributed by atoms with Gasteiger partial charge in [0.25, 0.3) is 5.91 Å². The summed E-state index contributed by atoms with van der Waals surface area (Å²) in [6.07, 6.45) is 2.01. The third-order valence-electron chi connectivity index (χ3n) is 5.31. The number of carbonyl (C=O) groups excluding carboxylic acids is 2. The van der Waals surface area contributed by atoms with Gasteiger partial charge in [0, 0.05) is 18.3 Å². The molecular weight excluding hydrogens is 430 g/mol. The fourth-order valence-electron chi connectivity index (χ4n) is 3.74. The summed E-state index contributed by atoms with van der Waals surface area (Å²) in [5.74, 6) is -0.344. The van der Waals surface area contributed by atoms with Crippen LogP contribution in [-0.2, 0) is 16.1 Å². The monoisotopic (exact) mass is 457 g/mol. The molecule has 0 fully saturated rings. The molecule has 4 aromatic rings. The molecule has 2 heterocycles. The number of hydrogen-bond donors (Lipinski definition) is 2. The van der Waals surface area contributed by atoms with Crippen LogP contribution in [0.5, 0.6) is 0 Å². The Morgan fingerprint density at radius 1 is 0.971 bits per heavy atom. The van der Waals surface area contributed by atoms with Crippen LogP contribution in [0, 0.1) is 5.92 Å². The molecule has 174 valence electrons. The molecule has 0 radical (unpaired) electrons. The summed E-state index contributed by atoms with van der Waals surface area (Å²) >= 11 is 0. The minimum absolute atomic E-state index is 0.180. The van der Waals surface area contributed by atoms with Gasteiger partial charge in [-0.3, -0.25) is 14.0 Å². The first-order valence-corrected chi connectivity index (χ1v) is 11.2. The van der Waals surface area contributed by atoms with Crippen molar-refractivity contribution in [2.45, 2.75) is 32.9 Å². The van der Waals surface area contributed by atoms with Crippen molar-refractivity contribution in [3.63, 3.8) is 0 Å². The quantitative estimate of drug-likeness (QED) is 0.424. The van der Waals surface area contributed by atoms with Crippen LogP contribution in [0.15, 0.2) is 83.8 Å². The Hall–Kier alpha value is -4.20. The smallest absolute Gasteiger partial charge is 0.341 e. The molecule has 2 aromatic heterocycles. The molecule has 0 aliphatic rings. The van der Waals surface area contributed by atoms with Crippen molar-refractivity contribution in [2.24, 2.45) is 5.92 Å². The van der Waals surface area contributed by atoms with Crippen LogP contribution in [0.2, 0.25) is 0 Å². The largest absolute Gasteiger partial charge is 0.350 e. The second-order valence-corrected chi connectivity index (χ2v) is 8.57. The number of rotatable bonds is 8. The molecule has 2 N–H and O–H groups in total. The molecule has 1 unspecified atom stereocenters. The number of anilines is 1. The topological polar surface area (TPSA) is 97.5 Å². The van der Waals surface area contributed by atoms with E-state index in [0.717, 1.165) is 5.56 Å². The van der Waals surface area contributed by atoms with Crippen LogP contribution >= 0.6 is 0 Å². The Kier molecular flexibility index (Phi) is 6.87. The summed E-state index contributed by atoms with van der Waals surface area (Å²) in [6.45, 7) is 4.17. The highest BCUT2D eigenvalue weighted by molar-refractivity contribution is 5.98. The van der Waals surface area contributed by atoms with Crippen LogP contribution in [0.25, 0.3) is 5.65 Å². The maximum Gasteiger partial charge on any atom is 0.350 e. The number of aromatic nitrogens is 3. The van der Waals surface area contributed by atoms with E-state index in [0.29, 0.717) is 23.3 Å². The summed E-state index contributed by atoms with van der Waals surface area (Å²) in [7, 11) is 0. The van der Waals surface area contributed by atoms with Crippen molar-refractivity contribution < 1.29 is 9.59 Å². The maximum atomic E-state index is 13.2. The summed E-state index contributed by atoms with van der Waals surface area (Å²) in [6, 6.07) is 20.9. The van der Waals surface area contributed by atoms with E-state index in [-0.39, 0.29) is 30.0 Å². The number of carbonyl (C=O) groups is 2. The van der Waals surface area contributed by atoms with E-state index >= 15 is 0 Å². The molecule has 0 aliphatic carbocycles. The van der Waals surface area contributed by atoms with E-state index in [4.69, 9.17) is 0 Å². The number of amides is 2. The molecule has 0 saturated heterocycles. The Balaban J connectivity index is 1.53. The average Bonchev–Trinajstić information content (AvgIpc) is 3.13. The molecular formula is C26H27N5O3. The van der Waals surface area contributed by atoms with E-state index in [2.05, 4.69) is 15.7 Å². The number of nitrogens with zero attached hydrogens (tertiary/aromatic N) is 3. The van der Waals surface area contributed by atoms with Gasteiger partial charge in [-0.25, -0.2) is 9.48 Å². The van der Waals surface area contributed by atoms with Gasteiger partial charge in [-0.15, -0.1) is 5.10 Å². The second-order valence-electron chi connectivity index (χ2n) is 8.57. The van der Waals surface area contributed by atoms with E-state index in [1.165, 1.54) is 9.08 Å². The first kappa shape index (κ1) is 23.0. The second kappa shape index (κ2) is 10.2. The van der Waals surface area contributed by atoms with Crippen LogP contribution in [0.1, 0.15) is 37.4 Å². The summed E-state index contributed by atoms with van der Waals surface area (Å²) in [4.78, 5) is 38.2. The number of fused-ring (bicyclic) bond motifs is 1. The molecule has 2 amide bonds. The van der Waals surface area contributed by atoms with E-state index in [1.54, 1.807) is 36.5 Å². The minimum atomic E-state index is -0.822. The van der Waals surface area contributed by atoms with Crippen LogP contribution < -0.4 is 16.3 Å². The van der Waals surface area contributed by atoms with Gasteiger partial charge in [-0.05, 0) is 41.3 Å². The molecule has 1 atom stereocenters. The van der Waals surface area contributed by atoms with Crippen LogP contribution in [-0.4, -0.2) is 26.0 Å². The van der Waals surface area contributed by atoms with Gasteiger partial charge in [0.15, 0.2) is 5.65 Å². The SMILES string of the molecule is CC(C)CC(=O)NC(C(=O)Nc1cccc(Cn2nc3ccccn3c2=O)c1)c1ccccc1. The Morgan fingerprint density at radius 2 is 1.74 bits per heavy atom. The van der Waals surface area contributed by atoms with E-state index < -0.39 is 6.04 Å². The zero-order valence-corrected chi connectivity index (χ0v) is 19.1. The molecule has 0 aliphatic heterocycles. The van der Waals surface area contributed by atoms with Gasteiger partial charge in [0.2, 0.25) is 5.91 Å². The van der Waals surface area contributed by atoms with Crippen molar-refractivity contribution >= 4 is 23.1 Å². The van der Waals surface area contributed by atoms with Crippen molar-refractivity contribution in [1.29, 1.82) is 0 Å². The molecule has 2 aromatic carbocycles. The maximum absolute atomic E-state index is 13.2. The molecule has 0 saturated carbocycles. The fourth-order valence-corrected chi connectivity index (χ4v) is 3.74. The highest BCUT2D eigenvalue weighted by Crippen LogP contribution is 2.18. The fraction of sp³-hybridized carbons (Fsp3) is 0.231. The highest BCUT2D eigenvalue weighted by Gasteiger charge is 2.23. The number of benzene rings is 2. The lowest BCUT2D eigenvalue weighted by atomic mass is 10.0. The first-order valence-electron chi connectivity index (χ1n) is 11.2. The molecule has 4 rings (SSSR count). The number of nitrogens with one attached hydrogen (secondary N) is 2. The van der Waals surface area contributed by atoms with Crippen molar-refractivity contribution in [3.05, 3.63) is 101 Å². The zero-order valence-electron chi connectivity index (χ0n) is 19.1. The molecule has 34 heavy (non-hydrogen) atoms. The Labute approximate surface area is 197 Å². The zero-order chi connectivity index (χ0) is 24.1. The summed E-state index contributed by atoms with van der Waals surface area (Å²) in [5.41, 5.74) is 2.41. The van der Waals surface area contributed by atoms with Crippen molar-refractivity contribution in [2.75, 3.05) is 5.32 Å². The third kappa shape index (κ3) is 5.40.